The SMILES string of the molecule is CN(C)CCCNC(=O)Cc1coc2ccccc12. The molecule has 0 radical (unpaired) electrons. The summed E-state index contributed by atoms with van der Waals surface area (Å²) in [6.45, 7) is 1.70. The largest absolute Gasteiger partial charge is 0.464 e. The molecule has 0 aliphatic carbocycles. The third-order valence-corrected chi connectivity index (χ3v) is 3.02. The molecule has 0 aliphatic rings. The molecule has 1 N–H and O–H groups in total. The second-order valence-electron chi connectivity index (χ2n) is 4.94. The van der Waals surface area contributed by atoms with E-state index < -0.39 is 0 Å². The first-order valence-electron chi connectivity index (χ1n) is 6.53. The molecule has 1 amide bonds. The number of hydrogen-bond acceptors (Lipinski definition) is 3. The van der Waals surface area contributed by atoms with E-state index >= 15 is 0 Å². The number of carbonyl (C=O) groups is 1. The van der Waals surface area contributed by atoms with Crippen LogP contribution in [0.2, 0.25) is 0 Å². The van der Waals surface area contributed by atoms with Gasteiger partial charge in [-0.05, 0) is 33.1 Å². The minimum atomic E-state index is 0.0466. The van der Waals surface area contributed by atoms with Gasteiger partial charge < -0.3 is 14.6 Å². The average molecular weight is 260 g/mol. The van der Waals surface area contributed by atoms with Crippen LogP contribution in [-0.4, -0.2) is 38.0 Å². The fourth-order valence-corrected chi connectivity index (χ4v) is 2.03. The number of amides is 1. The highest BCUT2D eigenvalue weighted by atomic mass is 16.3. The second-order valence-corrected chi connectivity index (χ2v) is 4.94. The van der Waals surface area contributed by atoms with Gasteiger partial charge in [-0.15, -0.1) is 0 Å². The summed E-state index contributed by atoms with van der Waals surface area (Å²) < 4.78 is 5.42. The van der Waals surface area contributed by atoms with E-state index in [4.69, 9.17) is 4.42 Å². The Morgan fingerprint density at radius 2 is 2.11 bits per heavy atom. The zero-order chi connectivity index (χ0) is 13.7. The molecule has 2 rings (SSSR count). The molecular weight excluding hydrogens is 240 g/mol. The molecule has 0 saturated heterocycles. The second kappa shape index (κ2) is 6.38. The number of benzene rings is 1. The molecule has 4 heteroatoms. The molecular formula is C15H20N2O2. The minimum absolute atomic E-state index is 0.0466. The monoisotopic (exact) mass is 260 g/mol. The minimum Gasteiger partial charge on any atom is -0.464 e. The topological polar surface area (TPSA) is 45.5 Å². The van der Waals surface area contributed by atoms with Gasteiger partial charge in [-0.25, -0.2) is 0 Å². The van der Waals surface area contributed by atoms with Gasteiger partial charge in [0.25, 0.3) is 0 Å². The van der Waals surface area contributed by atoms with E-state index in [2.05, 4.69) is 10.2 Å². The maximum atomic E-state index is 11.8. The molecule has 0 unspecified atom stereocenters. The fraction of sp³-hybridized carbons (Fsp3) is 0.400. The first-order valence-corrected chi connectivity index (χ1v) is 6.53. The first kappa shape index (κ1) is 13.6. The van der Waals surface area contributed by atoms with Crippen molar-refractivity contribution in [2.24, 2.45) is 0 Å². The van der Waals surface area contributed by atoms with Gasteiger partial charge in [0, 0.05) is 17.5 Å². The number of hydrogen-bond donors (Lipinski definition) is 1. The van der Waals surface area contributed by atoms with Gasteiger partial charge in [0.2, 0.25) is 5.91 Å². The quantitative estimate of drug-likeness (QED) is 0.808. The lowest BCUT2D eigenvalue weighted by Crippen LogP contribution is -2.28. The van der Waals surface area contributed by atoms with E-state index in [0.717, 1.165) is 29.5 Å². The Balaban J connectivity index is 1.85. The molecule has 0 bridgehead atoms. The number of fused-ring (bicyclic) bond motifs is 1. The Morgan fingerprint density at radius 1 is 1.32 bits per heavy atom. The zero-order valence-corrected chi connectivity index (χ0v) is 11.5. The van der Waals surface area contributed by atoms with Crippen molar-refractivity contribution >= 4 is 16.9 Å². The molecule has 19 heavy (non-hydrogen) atoms. The van der Waals surface area contributed by atoms with Crippen molar-refractivity contribution in [3.63, 3.8) is 0 Å². The molecule has 0 saturated carbocycles. The summed E-state index contributed by atoms with van der Waals surface area (Å²) in [7, 11) is 4.05. The summed E-state index contributed by atoms with van der Waals surface area (Å²) >= 11 is 0. The lowest BCUT2D eigenvalue weighted by Gasteiger charge is -2.09. The van der Waals surface area contributed by atoms with Gasteiger partial charge in [-0.1, -0.05) is 18.2 Å². The molecule has 1 aromatic carbocycles. The summed E-state index contributed by atoms with van der Waals surface area (Å²) in [5.41, 5.74) is 1.78. The van der Waals surface area contributed by atoms with Gasteiger partial charge in [0.1, 0.15) is 5.58 Å². The maximum Gasteiger partial charge on any atom is 0.224 e. The molecule has 0 fully saturated rings. The summed E-state index contributed by atoms with van der Waals surface area (Å²) in [4.78, 5) is 13.9. The molecule has 2 aromatic rings. The van der Waals surface area contributed by atoms with Crippen LogP contribution in [0.1, 0.15) is 12.0 Å². The Hall–Kier alpha value is -1.81. The van der Waals surface area contributed by atoms with Gasteiger partial charge in [-0.3, -0.25) is 4.79 Å². The van der Waals surface area contributed by atoms with Crippen LogP contribution in [0.15, 0.2) is 34.9 Å². The molecule has 0 spiro atoms. The Labute approximate surface area is 113 Å². The standard InChI is InChI=1S/C15H20N2O2/c1-17(2)9-5-8-16-15(18)10-12-11-19-14-7-4-3-6-13(12)14/h3-4,6-7,11H,5,8-10H2,1-2H3,(H,16,18). The van der Waals surface area contributed by atoms with Crippen molar-refractivity contribution in [1.29, 1.82) is 0 Å². The van der Waals surface area contributed by atoms with E-state index in [0.29, 0.717) is 13.0 Å². The number of para-hydroxylation sites is 1. The normalized spacial score (nSPS) is 11.1. The van der Waals surface area contributed by atoms with Crippen LogP contribution in [0.4, 0.5) is 0 Å². The van der Waals surface area contributed by atoms with Crippen molar-refractivity contribution in [3.8, 4) is 0 Å². The Bertz CT molecular complexity index is 546. The van der Waals surface area contributed by atoms with E-state index in [1.807, 2.05) is 38.4 Å². The highest BCUT2D eigenvalue weighted by Gasteiger charge is 2.09. The lowest BCUT2D eigenvalue weighted by molar-refractivity contribution is -0.120. The highest BCUT2D eigenvalue weighted by Crippen LogP contribution is 2.20. The smallest absolute Gasteiger partial charge is 0.224 e. The predicted molar refractivity (Wildman–Crippen MR) is 76.1 cm³/mol. The van der Waals surface area contributed by atoms with Gasteiger partial charge >= 0.3 is 0 Å². The average Bonchev–Trinajstić information content (AvgIpc) is 2.78. The van der Waals surface area contributed by atoms with Crippen molar-refractivity contribution in [3.05, 3.63) is 36.1 Å². The van der Waals surface area contributed by atoms with E-state index in [1.54, 1.807) is 6.26 Å². The number of carbonyl (C=O) groups excluding carboxylic acids is 1. The number of nitrogens with zero attached hydrogens (tertiary/aromatic N) is 1. The van der Waals surface area contributed by atoms with Crippen LogP contribution in [-0.2, 0) is 11.2 Å². The van der Waals surface area contributed by atoms with E-state index in [1.165, 1.54) is 0 Å². The van der Waals surface area contributed by atoms with E-state index in [9.17, 15) is 4.79 Å². The van der Waals surface area contributed by atoms with Gasteiger partial charge in [-0.2, -0.15) is 0 Å². The van der Waals surface area contributed by atoms with Crippen LogP contribution < -0.4 is 5.32 Å². The van der Waals surface area contributed by atoms with Crippen LogP contribution >= 0.6 is 0 Å². The predicted octanol–water partition coefficient (Wildman–Crippen LogP) is 2.04. The first-order chi connectivity index (χ1) is 9.16. The molecule has 4 nitrogen and oxygen atoms in total. The summed E-state index contributed by atoms with van der Waals surface area (Å²) in [5.74, 6) is 0.0466. The molecule has 1 heterocycles. The van der Waals surface area contributed by atoms with Crippen molar-refractivity contribution in [1.82, 2.24) is 10.2 Å². The third kappa shape index (κ3) is 3.83. The molecule has 1 aromatic heterocycles. The van der Waals surface area contributed by atoms with Gasteiger partial charge in [0.05, 0.1) is 12.7 Å². The molecule has 102 valence electrons. The summed E-state index contributed by atoms with van der Waals surface area (Å²) in [6.07, 6.45) is 3.01. The number of furan rings is 1. The highest BCUT2D eigenvalue weighted by molar-refractivity contribution is 5.87. The van der Waals surface area contributed by atoms with E-state index in [-0.39, 0.29) is 5.91 Å². The number of nitrogens with one attached hydrogen (secondary N) is 1. The molecule has 0 aliphatic heterocycles. The number of rotatable bonds is 6. The summed E-state index contributed by atoms with van der Waals surface area (Å²) in [5, 5.41) is 3.95. The fourth-order valence-electron chi connectivity index (χ4n) is 2.03. The lowest BCUT2D eigenvalue weighted by atomic mass is 10.1. The van der Waals surface area contributed by atoms with Crippen LogP contribution in [0.3, 0.4) is 0 Å². The Kier molecular flexibility index (Phi) is 4.58. The van der Waals surface area contributed by atoms with Crippen molar-refractivity contribution < 1.29 is 9.21 Å². The zero-order valence-electron chi connectivity index (χ0n) is 11.5. The van der Waals surface area contributed by atoms with Crippen molar-refractivity contribution in [2.75, 3.05) is 27.2 Å². The summed E-state index contributed by atoms with van der Waals surface area (Å²) in [6, 6.07) is 7.77. The van der Waals surface area contributed by atoms with Crippen LogP contribution in [0, 0.1) is 0 Å². The third-order valence-electron chi connectivity index (χ3n) is 3.02. The van der Waals surface area contributed by atoms with Crippen molar-refractivity contribution in [2.45, 2.75) is 12.8 Å². The Morgan fingerprint density at radius 3 is 2.89 bits per heavy atom. The van der Waals surface area contributed by atoms with Crippen LogP contribution in [0.25, 0.3) is 11.0 Å². The molecule has 0 atom stereocenters. The van der Waals surface area contributed by atoms with Crippen LogP contribution in [0.5, 0.6) is 0 Å². The maximum absolute atomic E-state index is 11.8. The van der Waals surface area contributed by atoms with Gasteiger partial charge in [0.15, 0.2) is 0 Å².